The van der Waals surface area contributed by atoms with Gasteiger partial charge in [-0.2, -0.15) is 0 Å². The summed E-state index contributed by atoms with van der Waals surface area (Å²) in [6.45, 7) is 3.74. The normalized spacial score (nSPS) is 13.7. The standard InChI is InChI=1S/C13H17BrFNO4/c1-3-19-9-6-7(5-8(14)12(9)17)11(16)10(15)13(18)20-4-2/h5-6,10-11,17H,3-4,16H2,1-2H3/t10?,11-/m0/s1. The number of phenolic OH excluding ortho intramolecular Hbond substituents is 1. The molecule has 0 aliphatic heterocycles. The van der Waals surface area contributed by atoms with Crippen molar-refractivity contribution in [2.45, 2.75) is 26.1 Å². The number of hydrogen-bond donors (Lipinski definition) is 2. The van der Waals surface area contributed by atoms with Crippen LogP contribution in [0.1, 0.15) is 25.5 Å². The Morgan fingerprint density at radius 1 is 1.45 bits per heavy atom. The molecule has 0 amide bonds. The topological polar surface area (TPSA) is 81.8 Å². The van der Waals surface area contributed by atoms with Gasteiger partial charge in [0.2, 0.25) is 6.17 Å². The second-order valence-corrected chi connectivity index (χ2v) is 4.82. The average Bonchev–Trinajstić information content (AvgIpc) is 2.42. The van der Waals surface area contributed by atoms with E-state index in [9.17, 15) is 14.3 Å². The van der Waals surface area contributed by atoms with Crippen LogP contribution in [0.4, 0.5) is 4.39 Å². The summed E-state index contributed by atoms with van der Waals surface area (Å²) in [5, 5.41) is 9.77. The molecule has 7 heteroatoms. The van der Waals surface area contributed by atoms with Gasteiger partial charge < -0.3 is 20.3 Å². The van der Waals surface area contributed by atoms with Gasteiger partial charge in [-0.05, 0) is 47.5 Å². The Morgan fingerprint density at radius 2 is 2.10 bits per heavy atom. The number of carbonyl (C=O) groups excluding carboxylic acids is 1. The monoisotopic (exact) mass is 349 g/mol. The fourth-order valence-electron chi connectivity index (χ4n) is 1.59. The molecule has 5 nitrogen and oxygen atoms in total. The second-order valence-electron chi connectivity index (χ2n) is 3.96. The summed E-state index contributed by atoms with van der Waals surface area (Å²) in [7, 11) is 0. The molecule has 3 N–H and O–H groups in total. The van der Waals surface area contributed by atoms with Crippen LogP contribution in [-0.4, -0.2) is 30.5 Å². The number of rotatable bonds is 6. The van der Waals surface area contributed by atoms with Crippen molar-refractivity contribution < 1.29 is 23.8 Å². The summed E-state index contributed by atoms with van der Waals surface area (Å²) in [4.78, 5) is 11.4. The van der Waals surface area contributed by atoms with Gasteiger partial charge in [-0.3, -0.25) is 0 Å². The molecule has 0 heterocycles. The molecule has 0 spiro atoms. The molecule has 20 heavy (non-hydrogen) atoms. The number of nitrogens with two attached hydrogens (primary N) is 1. The first-order chi connectivity index (χ1) is 9.42. The van der Waals surface area contributed by atoms with Crippen molar-refractivity contribution in [1.29, 1.82) is 0 Å². The Hall–Kier alpha value is -1.34. The third kappa shape index (κ3) is 3.83. The molecule has 2 atom stereocenters. The third-order valence-electron chi connectivity index (χ3n) is 2.56. The summed E-state index contributed by atoms with van der Waals surface area (Å²) in [5.74, 6) is -0.945. The maximum Gasteiger partial charge on any atom is 0.342 e. The molecule has 1 aromatic rings. The van der Waals surface area contributed by atoms with E-state index in [0.29, 0.717) is 16.6 Å². The average molecular weight is 350 g/mol. The van der Waals surface area contributed by atoms with Crippen molar-refractivity contribution in [2.24, 2.45) is 5.73 Å². The first-order valence-electron chi connectivity index (χ1n) is 6.13. The summed E-state index contributed by atoms with van der Waals surface area (Å²) in [5.41, 5.74) is 6.04. The number of esters is 1. The summed E-state index contributed by atoms with van der Waals surface area (Å²) < 4.78 is 24.0. The number of aromatic hydroxyl groups is 1. The van der Waals surface area contributed by atoms with Crippen LogP contribution in [0, 0.1) is 0 Å². The largest absolute Gasteiger partial charge is 0.503 e. The highest BCUT2D eigenvalue weighted by molar-refractivity contribution is 9.10. The fraction of sp³-hybridized carbons (Fsp3) is 0.462. The molecule has 0 saturated heterocycles. The molecular formula is C13H17BrFNO4. The molecule has 1 rings (SSSR count). The zero-order valence-corrected chi connectivity index (χ0v) is 12.8. The van der Waals surface area contributed by atoms with Crippen LogP contribution in [0.3, 0.4) is 0 Å². The van der Waals surface area contributed by atoms with E-state index < -0.39 is 18.2 Å². The molecular weight excluding hydrogens is 333 g/mol. The maximum absolute atomic E-state index is 13.9. The van der Waals surface area contributed by atoms with E-state index in [-0.39, 0.29) is 18.1 Å². The highest BCUT2D eigenvalue weighted by Crippen LogP contribution is 2.37. The Morgan fingerprint density at radius 3 is 2.65 bits per heavy atom. The predicted molar refractivity (Wildman–Crippen MR) is 75.4 cm³/mol. The lowest BCUT2D eigenvalue weighted by molar-refractivity contribution is -0.149. The number of carbonyl (C=O) groups is 1. The maximum atomic E-state index is 13.9. The van der Waals surface area contributed by atoms with Gasteiger partial charge in [-0.1, -0.05) is 0 Å². The summed E-state index contributed by atoms with van der Waals surface area (Å²) in [6, 6.07) is 1.64. The van der Waals surface area contributed by atoms with E-state index in [1.54, 1.807) is 13.8 Å². The number of hydrogen-bond acceptors (Lipinski definition) is 5. The van der Waals surface area contributed by atoms with Gasteiger partial charge in [-0.25, -0.2) is 9.18 Å². The molecule has 0 aromatic heterocycles. The predicted octanol–water partition coefficient (Wildman–Crippen LogP) is 2.45. The quantitative estimate of drug-likeness (QED) is 0.771. The molecule has 0 saturated carbocycles. The van der Waals surface area contributed by atoms with Crippen LogP contribution >= 0.6 is 15.9 Å². The van der Waals surface area contributed by atoms with Gasteiger partial charge in [0.25, 0.3) is 0 Å². The van der Waals surface area contributed by atoms with Crippen molar-refractivity contribution in [3.8, 4) is 11.5 Å². The van der Waals surface area contributed by atoms with Crippen LogP contribution in [-0.2, 0) is 9.53 Å². The Balaban J connectivity index is 3.03. The first-order valence-corrected chi connectivity index (χ1v) is 6.93. The molecule has 1 unspecified atom stereocenters. The molecule has 0 aliphatic carbocycles. The number of alkyl halides is 1. The van der Waals surface area contributed by atoms with Gasteiger partial charge in [0.1, 0.15) is 0 Å². The zero-order valence-electron chi connectivity index (χ0n) is 11.2. The fourth-order valence-corrected chi connectivity index (χ4v) is 2.05. The van der Waals surface area contributed by atoms with Crippen molar-refractivity contribution in [1.82, 2.24) is 0 Å². The van der Waals surface area contributed by atoms with Gasteiger partial charge in [0, 0.05) is 0 Å². The van der Waals surface area contributed by atoms with Crippen LogP contribution < -0.4 is 10.5 Å². The smallest absolute Gasteiger partial charge is 0.342 e. The van der Waals surface area contributed by atoms with E-state index in [0.717, 1.165) is 0 Å². The summed E-state index contributed by atoms with van der Waals surface area (Å²) in [6.07, 6.45) is -1.99. The molecule has 0 radical (unpaired) electrons. The summed E-state index contributed by atoms with van der Waals surface area (Å²) >= 11 is 3.13. The van der Waals surface area contributed by atoms with E-state index >= 15 is 0 Å². The van der Waals surface area contributed by atoms with Gasteiger partial charge in [-0.15, -0.1) is 0 Å². The lowest BCUT2D eigenvalue weighted by Crippen LogP contribution is -2.31. The minimum Gasteiger partial charge on any atom is -0.503 e. The van der Waals surface area contributed by atoms with Crippen molar-refractivity contribution in [3.05, 3.63) is 22.2 Å². The first kappa shape index (κ1) is 16.7. The molecule has 112 valence electrons. The molecule has 0 fully saturated rings. The van der Waals surface area contributed by atoms with Crippen molar-refractivity contribution in [3.63, 3.8) is 0 Å². The molecule has 1 aromatic carbocycles. The number of halogens is 2. The van der Waals surface area contributed by atoms with E-state index in [4.69, 9.17) is 10.5 Å². The molecule has 0 bridgehead atoms. The minimum absolute atomic E-state index is 0.0788. The Kier molecular flexibility index (Phi) is 6.22. The van der Waals surface area contributed by atoms with Gasteiger partial charge >= 0.3 is 5.97 Å². The Labute approximate surface area is 125 Å². The highest BCUT2D eigenvalue weighted by atomic mass is 79.9. The SMILES string of the molecule is CCOC(=O)C(F)[C@@H](N)c1cc(Br)c(O)c(OCC)c1. The second kappa shape index (κ2) is 7.44. The zero-order chi connectivity index (χ0) is 15.3. The Bertz CT molecular complexity index is 484. The third-order valence-corrected chi connectivity index (χ3v) is 3.17. The van der Waals surface area contributed by atoms with Gasteiger partial charge in [0.05, 0.1) is 23.7 Å². The lowest BCUT2D eigenvalue weighted by atomic mass is 10.0. The molecule has 0 aliphatic rings. The minimum atomic E-state index is -1.99. The van der Waals surface area contributed by atoms with Crippen LogP contribution in [0.15, 0.2) is 16.6 Å². The van der Waals surface area contributed by atoms with E-state index in [1.807, 2.05) is 0 Å². The number of ether oxygens (including phenoxy) is 2. The van der Waals surface area contributed by atoms with E-state index in [1.165, 1.54) is 12.1 Å². The van der Waals surface area contributed by atoms with Crippen LogP contribution in [0.25, 0.3) is 0 Å². The van der Waals surface area contributed by atoms with Crippen LogP contribution in [0.2, 0.25) is 0 Å². The van der Waals surface area contributed by atoms with Gasteiger partial charge in [0.15, 0.2) is 11.5 Å². The highest BCUT2D eigenvalue weighted by Gasteiger charge is 2.29. The number of benzene rings is 1. The van der Waals surface area contributed by atoms with Crippen LogP contribution in [0.5, 0.6) is 11.5 Å². The van der Waals surface area contributed by atoms with Crippen molar-refractivity contribution in [2.75, 3.05) is 13.2 Å². The lowest BCUT2D eigenvalue weighted by Gasteiger charge is -2.18. The van der Waals surface area contributed by atoms with Crippen molar-refractivity contribution >= 4 is 21.9 Å². The number of phenols is 1. The van der Waals surface area contributed by atoms with E-state index in [2.05, 4.69) is 20.7 Å².